The molecule has 0 spiro atoms. The Morgan fingerprint density at radius 1 is 0.860 bits per heavy atom. The second-order valence-electron chi connectivity index (χ2n) is 12.1. The number of hydrogen-bond donors (Lipinski definition) is 1. The molecule has 0 aromatic heterocycles. The molecule has 4 aromatic rings. The summed E-state index contributed by atoms with van der Waals surface area (Å²) >= 11 is 0. The first kappa shape index (κ1) is 48.2. The highest BCUT2D eigenvalue weighted by molar-refractivity contribution is 8.77. The fourth-order valence-electron chi connectivity index (χ4n) is 4.94. The van der Waals surface area contributed by atoms with E-state index in [0.717, 1.165) is 43.4 Å². The third-order valence-corrected chi connectivity index (χ3v) is 10.3. The molecule has 304 valence electrons. The molecule has 12 heteroatoms. The van der Waals surface area contributed by atoms with E-state index in [1.54, 1.807) is 61.6 Å². The zero-order valence-electron chi connectivity index (χ0n) is 33.2. The molecule has 4 aromatic carbocycles. The van der Waals surface area contributed by atoms with E-state index >= 15 is 0 Å². The first-order chi connectivity index (χ1) is 27.8. The topological polar surface area (TPSA) is 124 Å². The molecule has 1 aliphatic heterocycles. The molecule has 0 radical (unpaired) electrons. The van der Waals surface area contributed by atoms with Crippen molar-refractivity contribution in [3.8, 4) is 22.6 Å². The van der Waals surface area contributed by atoms with E-state index in [4.69, 9.17) is 38.7 Å². The minimum absolute atomic E-state index is 0.197. The van der Waals surface area contributed by atoms with E-state index in [9.17, 15) is 4.79 Å². The number of rotatable bonds is 19. The van der Waals surface area contributed by atoms with Crippen LogP contribution >= 0.6 is 21.8 Å². The summed E-state index contributed by atoms with van der Waals surface area (Å²) in [5.74, 6) is 0.523. The number of unbranched alkanes of at least 4 members (excludes halogenated alkanes) is 1. The van der Waals surface area contributed by atoms with Crippen molar-refractivity contribution in [3.63, 3.8) is 0 Å². The Bertz CT molecular complexity index is 1780. The molecule has 1 unspecified atom stereocenters. The van der Waals surface area contributed by atoms with Crippen LogP contribution < -0.4 is 13.8 Å². The SMILES string of the molecule is C=CC=O.C=CC=O.CCCc1ccc(-c2ccc(OC(=O)c3ccc(OCC(COCCCCOC)OC)cc3)cc2C=N)cc1.CN1SSc2ccccc21. The lowest BCUT2D eigenvalue weighted by Gasteiger charge is -2.16. The highest BCUT2D eigenvalue weighted by Crippen LogP contribution is 2.48. The van der Waals surface area contributed by atoms with Gasteiger partial charge in [-0.3, -0.25) is 9.59 Å². The number of para-hydroxylation sites is 1. The third kappa shape index (κ3) is 18.2. The average molecular weight is 815 g/mol. The smallest absolute Gasteiger partial charge is 0.343 e. The Labute approximate surface area is 345 Å². The molecule has 1 atom stereocenters. The maximum absolute atomic E-state index is 12.7. The number of benzene rings is 4. The number of ether oxygens (including phenoxy) is 5. The van der Waals surface area contributed by atoms with Gasteiger partial charge in [-0.15, -0.1) is 0 Å². The van der Waals surface area contributed by atoms with Crippen molar-refractivity contribution in [2.24, 2.45) is 0 Å². The zero-order chi connectivity index (χ0) is 41.7. The van der Waals surface area contributed by atoms with E-state index in [-0.39, 0.29) is 6.10 Å². The number of nitrogens with one attached hydrogen (secondary N) is 1. The van der Waals surface area contributed by atoms with Crippen molar-refractivity contribution in [2.75, 3.05) is 52.0 Å². The summed E-state index contributed by atoms with van der Waals surface area (Å²) in [5, 5.41) is 7.86. The van der Waals surface area contributed by atoms with Crippen molar-refractivity contribution in [1.82, 2.24) is 0 Å². The highest BCUT2D eigenvalue weighted by atomic mass is 33.1. The Hall–Kier alpha value is -4.98. The Morgan fingerprint density at radius 3 is 2.11 bits per heavy atom. The zero-order valence-corrected chi connectivity index (χ0v) is 34.9. The molecule has 1 N–H and O–H groups in total. The summed E-state index contributed by atoms with van der Waals surface area (Å²) in [4.78, 5) is 32.2. The number of aldehydes is 2. The third-order valence-electron chi connectivity index (χ3n) is 7.88. The van der Waals surface area contributed by atoms with Crippen LogP contribution in [0.3, 0.4) is 0 Å². The van der Waals surface area contributed by atoms with Gasteiger partial charge in [-0.1, -0.05) is 69.0 Å². The van der Waals surface area contributed by atoms with E-state index in [1.165, 1.54) is 34.5 Å². The molecule has 1 heterocycles. The van der Waals surface area contributed by atoms with Gasteiger partial charge in [0.1, 0.15) is 36.8 Å². The van der Waals surface area contributed by atoms with Crippen LogP contribution in [-0.2, 0) is 30.2 Å². The molecule has 10 nitrogen and oxygen atoms in total. The van der Waals surface area contributed by atoms with Crippen LogP contribution in [0.15, 0.2) is 121 Å². The molecular weight excluding hydrogens is 761 g/mol. The van der Waals surface area contributed by atoms with Crippen molar-refractivity contribution in [2.45, 2.75) is 43.6 Å². The number of hydrogen-bond acceptors (Lipinski definition) is 12. The number of carbonyl (C=O) groups is 3. The number of methoxy groups -OCH3 is 2. The average Bonchev–Trinajstić information content (AvgIpc) is 3.64. The summed E-state index contributed by atoms with van der Waals surface area (Å²) in [6, 6.07) is 28.9. The Kier molecular flexibility index (Phi) is 24.7. The number of allylic oxidation sites excluding steroid dienone is 2. The Balaban J connectivity index is 0.000000508. The lowest BCUT2D eigenvalue weighted by atomic mass is 9.98. The van der Waals surface area contributed by atoms with Crippen LogP contribution in [0.4, 0.5) is 5.69 Å². The summed E-state index contributed by atoms with van der Waals surface area (Å²) in [7, 11) is 9.00. The molecule has 0 saturated carbocycles. The molecule has 0 saturated heterocycles. The largest absolute Gasteiger partial charge is 0.491 e. The van der Waals surface area contributed by atoms with E-state index < -0.39 is 5.97 Å². The summed E-state index contributed by atoms with van der Waals surface area (Å²) in [5.41, 5.74) is 5.64. The molecule has 0 bridgehead atoms. The van der Waals surface area contributed by atoms with Crippen LogP contribution in [0.25, 0.3) is 11.1 Å². The van der Waals surface area contributed by atoms with Gasteiger partial charge in [0, 0.05) is 62.1 Å². The summed E-state index contributed by atoms with van der Waals surface area (Å²) in [6.45, 7) is 10.5. The lowest BCUT2D eigenvalue weighted by molar-refractivity contribution is -0.104. The van der Waals surface area contributed by atoms with Crippen LogP contribution in [-0.4, -0.2) is 78.6 Å². The van der Waals surface area contributed by atoms with Crippen LogP contribution in [0, 0.1) is 5.41 Å². The van der Waals surface area contributed by atoms with Crippen molar-refractivity contribution in [1.29, 1.82) is 5.41 Å². The predicted octanol–water partition coefficient (Wildman–Crippen LogP) is 9.89. The van der Waals surface area contributed by atoms with E-state index in [2.05, 4.69) is 80.0 Å². The second kappa shape index (κ2) is 29.3. The normalized spacial score (nSPS) is 11.4. The lowest BCUT2D eigenvalue weighted by Crippen LogP contribution is -2.26. The van der Waals surface area contributed by atoms with Gasteiger partial charge in [-0.2, -0.15) is 0 Å². The molecule has 0 aliphatic carbocycles. The van der Waals surface area contributed by atoms with Crippen LogP contribution in [0.1, 0.15) is 47.7 Å². The number of carbonyl (C=O) groups excluding carboxylic acids is 3. The van der Waals surface area contributed by atoms with Gasteiger partial charge in [0.25, 0.3) is 0 Å². The molecule has 0 fully saturated rings. The van der Waals surface area contributed by atoms with E-state index in [1.807, 2.05) is 16.9 Å². The number of nitrogens with zero attached hydrogens (tertiary/aromatic N) is 1. The fraction of sp³-hybridized carbons (Fsp3) is 0.289. The van der Waals surface area contributed by atoms with Gasteiger partial charge in [-0.05, 0) is 107 Å². The fourth-order valence-corrected chi connectivity index (χ4v) is 7.10. The maximum Gasteiger partial charge on any atom is 0.343 e. The van der Waals surface area contributed by atoms with Gasteiger partial charge in [0.05, 0.1) is 17.9 Å². The van der Waals surface area contributed by atoms with Gasteiger partial charge >= 0.3 is 5.97 Å². The maximum atomic E-state index is 12.7. The Morgan fingerprint density at radius 2 is 1.51 bits per heavy atom. The van der Waals surface area contributed by atoms with Crippen molar-refractivity contribution < 1.29 is 38.1 Å². The highest BCUT2D eigenvalue weighted by Gasteiger charge is 2.16. The van der Waals surface area contributed by atoms with E-state index in [0.29, 0.717) is 55.0 Å². The quantitative estimate of drug-likeness (QED) is 0.0142. The summed E-state index contributed by atoms with van der Waals surface area (Å²) in [6.07, 6.45) is 8.78. The minimum Gasteiger partial charge on any atom is -0.491 e. The van der Waals surface area contributed by atoms with Gasteiger partial charge < -0.3 is 33.4 Å². The van der Waals surface area contributed by atoms with Gasteiger partial charge in [0.15, 0.2) is 0 Å². The standard InChI is InChI=1S/C32H39NO6.C7H7NS2.2C3H4O/c1-4-7-24-8-10-25(11-9-24)31-17-16-29(20-27(31)21-33)39-32(34)26-12-14-28(15-13-26)38-23-30(36-3)22-37-19-6-5-18-35-2;1-8-6-4-2-3-5-7(6)9-10-8;2*1-2-3-4/h8-17,20-21,30,33H,4-7,18-19,22-23H2,1-3H3;2-5H,1H3;2*2-3H,1H2. The summed E-state index contributed by atoms with van der Waals surface area (Å²) < 4.78 is 29.7. The second-order valence-corrected chi connectivity index (χ2v) is 14.3. The van der Waals surface area contributed by atoms with Crippen LogP contribution in [0.5, 0.6) is 11.5 Å². The monoisotopic (exact) mass is 814 g/mol. The molecule has 5 rings (SSSR count). The number of anilines is 1. The molecule has 0 amide bonds. The van der Waals surface area contributed by atoms with Crippen molar-refractivity contribution in [3.05, 3.63) is 133 Å². The number of esters is 1. The predicted molar refractivity (Wildman–Crippen MR) is 234 cm³/mol. The molecule has 1 aliphatic rings. The molecule has 57 heavy (non-hydrogen) atoms. The van der Waals surface area contributed by atoms with Gasteiger partial charge in [-0.25, -0.2) is 4.79 Å². The number of fused-ring (bicyclic) bond motifs is 1. The first-order valence-electron chi connectivity index (χ1n) is 18.4. The number of aryl methyl sites for hydroxylation is 1. The molecular formula is C45H54N2O8S2. The van der Waals surface area contributed by atoms with Crippen LogP contribution in [0.2, 0.25) is 0 Å². The van der Waals surface area contributed by atoms with Crippen molar-refractivity contribution >= 4 is 52.2 Å². The minimum atomic E-state index is -0.481. The van der Waals surface area contributed by atoms with Gasteiger partial charge in [0.2, 0.25) is 0 Å². The first-order valence-corrected chi connectivity index (χ1v) is 20.5.